The number of carbonyl (C=O) groups is 1. The summed E-state index contributed by atoms with van der Waals surface area (Å²) in [6.45, 7) is -0.235. The van der Waals surface area contributed by atoms with Gasteiger partial charge in [0.15, 0.2) is 6.61 Å². The van der Waals surface area contributed by atoms with E-state index in [2.05, 4.69) is 5.32 Å². The van der Waals surface area contributed by atoms with Gasteiger partial charge in [-0.2, -0.15) is 0 Å². The van der Waals surface area contributed by atoms with E-state index in [0.717, 1.165) is 0 Å². The molecule has 28 heavy (non-hydrogen) atoms. The highest BCUT2D eigenvalue weighted by atomic mass is 35.5. The van der Waals surface area contributed by atoms with Gasteiger partial charge in [-0.1, -0.05) is 46.4 Å². The fourth-order valence-electron chi connectivity index (χ4n) is 2.20. The van der Waals surface area contributed by atoms with Crippen LogP contribution < -0.4 is 14.8 Å². The normalized spacial score (nSPS) is 10.4. The maximum Gasteiger partial charge on any atom is 0.262 e. The Morgan fingerprint density at radius 3 is 2.00 bits per heavy atom. The standard InChI is InChI=1S/C20H13Cl4NO3/c21-12-1-5-14(6-2-12)28-15-7-3-13(4-8-15)25-20(26)11-27-19-10-17(23)16(22)9-18(19)24/h1-10H,11H2,(H,25,26). The van der Waals surface area contributed by atoms with Gasteiger partial charge in [-0.05, 0) is 54.6 Å². The van der Waals surface area contributed by atoms with Crippen molar-refractivity contribution in [2.75, 3.05) is 11.9 Å². The minimum atomic E-state index is -0.353. The van der Waals surface area contributed by atoms with Crippen molar-refractivity contribution in [3.8, 4) is 17.2 Å². The van der Waals surface area contributed by atoms with E-state index >= 15 is 0 Å². The Bertz CT molecular complexity index is 976. The van der Waals surface area contributed by atoms with E-state index in [0.29, 0.717) is 27.2 Å². The number of amides is 1. The van der Waals surface area contributed by atoms with Crippen LogP contribution in [0.15, 0.2) is 60.7 Å². The fourth-order valence-corrected chi connectivity index (χ4v) is 2.92. The summed E-state index contributed by atoms with van der Waals surface area (Å²) in [5.41, 5.74) is 0.595. The van der Waals surface area contributed by atoms with Gasteiger partial charge in [0, 0.05) is 16.8 Å². The van der Waals surface area contributed by atoms with Gasteiger partial charge in [-0.15, -0.1) is 0 Å². The minimum absolute atomic E-state index is 0.235. The molecule has 0 radical (unpaired) electrons. The highest BCUT2D eigenvalue weighted by Gasteiger charge is 2.10. The maximum atomic E-state index is 12.1. The van der Waals surface area contributed by atoms with Gasteiger partial charge in [0.25, 0.3) is 5.91 Å². The van der Waals surface area contributed by atoms with Gasteiger partial charge in [-0.3, -0.25) is 4.79 Å². The first-order valence-corrected chi connectivity index (χ1v) is 9.52. The van der Waals surface area contributed by atoms with E-state index in [1.165, 1.54) is 12.1 Å². The third kappa shape index (κ3) is 5.69. The van der Waals surface area contributed by atoms with Crippen molar-refractivity contribution in [3.05, 3.63) is 80.8 Å². The Kier molecular flexibility index (Phi) is 6.92. The van der Waals surface area contributed by atoms with E-state index in [1.54, 1.807) is 48.5 Å². The van der Waals surface area contributed by atoms with Crippen molar-refractivity contribution in [2.45, 2.75) is 0 Å². The molecule has 144 valence electrons. The van der Waals surface area contributed by atoms with Crippen molar-refractivity contribution in [1.29, 1.82) is 0 Å². The zero-order valence-electron chi connectivity index (χ0n) is 14.2. The Hall–Kier alpha value is -2.11. The zero-order valence-corrected chi connectivity index (χ0v) is 17.2. The summed E-state index contributed by atoms with van der Waals surface area (Å²) in [6.07, 6.45) is 0. The Balaban J connectivity index is 1.54. The molecular formula is C20H13Cl4NO3. The molecule has 0 saturated carbocycles. The quantitative estimate of drug-likeness (QED) is 0.402. The Morgan fingerprint density at radius 2 is 1.36 bits per heavy atom. The van der Waals surface area contributed by atoms with Gasteiger partial charge >= 0.3 is 0 Å². The summed E-state index contributed by atoms with van der Waals surface area (Å²) in [7, 11) is 0. The lowest BCUT2D eigenvalue weighted by molar-refractivity contribution is -0.118. The predicted molar refractivity (Wildman–Crippen MR) is 114 cm³/mol. The summed E-state index contributed by atoms with van der Waals surface area (Å²) in [5, 5.41) is 4.22. The fraction of sp³-hybridized carbons (Fsp3) is 0.0500. The molecule has 0 aliphatic heterocycles. The molecule has 0 unspecified atom stereocenters. The van der Waals surface area contributed by atoms with Crippen LogP contribution in [0.5, 0.6) is 17.2 Å². The monoisotopic (exact) mass is 455 g/mol. The van der Waals surface area contributed by atoms with Gasteiger partial charge in [0.1, 0.15) is 17.2 Å². The number of hydrogen-bond acceptors (Lipinski definition) is 3. The number of hydrogen-bond donors (Lipinski definition) is 1. The zero-order chi connectivity index (χ0) is 20.1. The molecular weight excluding hydrogens is 444 g/mol. The summed E-state index contributed by atoms with van der Waals surface area (Å²) >= 11 is 23.6. The highest BCUT2D eigenvalue weighted by Crippen LogP contribution is 2.33. The largest absolute Gasteiger partial charge is 0.482 e. The van der Waals surface area contributed by atoms with Gasteiger partial charge in [0.2, 0.25) is 0 Å². The number of carbonyl (C=O) groups excluding carboxylic acids is 1. The summed E-state index contributed by atoms with van der Waals surface area (Å²) in [4.78, 5) is 12.1. The molecule has 1 amide bonds. The molecule has 0 aliphatic carbocycles. The van der Waals surface area contributed by atoms with Crippen molar-refractivity contribution in [3.63, 3.8) is 0 Å². The number of anilines is 1. The molecule has 3 aromatic carbocycles. The van der Waals surface area contributed by atoms with Crippen LogP contribution in [0.1, 0.15) is 0 Å². The van der Waals surface area contributed by atoms with Gasteiger partial charge < -0.3 is 14.8 Å². The van der Waals surface area contributed by atoms with Gasteiger partial charge in [0.05, 0.1) is 15.1 Å². The van der Waals surface area contributed by atoms with Crippen LogP contribution in [-0.2, 0) is 4.79 Å². The molecule has 1 N–H and O–H groups in total. The molecule has 0 aromatic heterocycles. The Labute approximate surface area is 181 Å². The molecule has 0 atom stereocenters. The topological polar surface area (TPSA) is 47.6 Å². The van der Waals surface area contributed by atoms with E-state index in [9.17, 15) is 4.79 Å². The second-order valence-corrected chi connectivity index (χ2v) is 7.27. The molecule has 0 fully saturated rings. The number of rotatable bonds is 6. The van der Waals surface area contributed by atoms with Gasteiger partial charge in [-0.25, -0.2) is 0 Å². The molecule has 3 rings (SSSR count). The molecule has 0 heterocycles. The van der Waals surface area contributed by atoms with Crippen LogP contribution in [0.4, 0.5) is 5.69 Å². The van der Waals surface area contributed by atoms with Crippen LogP contribution in [-0.4, -0.2) is 12.5 Å². The third-order valence-electron chi connectivity index (χ3n) is 3.52. The molecule has 0 spiro atoms. The van der Waals surface area contributed by atoms with E-state index in [-0.39, 0.29) is 28.3 Å². The number of benzene rings is 3. The van der Waals surface area contributed by atoms with Crippen molar-refractivity contribution in [2.24, 2.45) is 0 Å². The minimum Gasteiger partial charge on any atom is -0.482 e. The van der Waals surface area contributed by atoms with Crippen LogP contribution in [0, 0.1) is 0 Å². The first kappa shape index (κ1) is 20.6. The van der Waals surface area contributed by atoms with Crippen molar-refractivity contribution >= 4 is 58.0 Å². The molecule has 0 aliphatic rings. The third-order valence-corrected chi connectivity index (χ3v) is 4.79. The number of ether oxygens (including phenoxy) is 2. The smallest absolute Gasteiger partial charge is 0.262 e. The average molecular weight is 457 g/mol. The lowest BCUT2D eigenvalue weighted by Crippen LogP contribution is -2.20. The SMILES string of the molecule is O=C(COc1cc(Cl)c(Cl)cc1Cl)Nc1ccc(Oc2ccc(Cl)cc2)cc1. The first-order valence-electron chi connectivity index (χ1n) is 8.01. The molecule has 0 saturated heterocycles. The second-order valence-electron chi connectivity index (χ2n) is 5.61. The second kappa shape index (κ2) is 9.39. The molecule has 0 bridgehead atoms. The molecule has 3 aromatic rings. The maximum absolute atomic E-state index is 12.1. The van der Waals surface area contributed by atoms with E-state index in [1.807, 2.05) is 0 Å². The predicted octanol–water partition coefficient (Wildman–Crippen LogP) is 7.11. The van der Waals surface area contributed by atoms with Crippen molar-refractivity contribution in [1.82, 2.24) is 0 Å². The first-order chi connectivity index (χ1) is 13.4. The number of halogens is 4. The van der Waals surface area contributed by atoms with E-state index < -0.39 is 0 Å². The van der Waals surface area contributed by atoms with Crippen LogP contribution in [0.3, 0.4) is 0 Å². The average Bonchev–Trinajstić information content (AvgIpc) is 2.67. The van der Waals surface area contributed by atoms with Crippen LogP contribution in [0.25, 0.3) is 0 Å². The highest BCUT2D eigenvalue weighted by molar-refractivity contribution is 6.43. The lowest BCUT2D eigenvalue weighted by atomic mass is 10.3. The summed E-state index contributed by atoms with van der Waals surface area (Å²) in [6, 6.07) is 16.8. The number of nitrogens with one attached hydrogen (secondary N) is 1. The van der Waals surface area contributed by atoms with Crippen molar-refractivity contribution < 1.29 is 14.3 Å². The lowest BCUT2D eigenvalue weighted by Gasteiger charge is -2.10. The Morgan fingerprint density at radius 1 is 0.786 bits per heavy atom. The van der Waals surface area contributed by atoms with Crippen LogP contribution in [0.2, 0.25) is 20.1 Å². The van der Waals surface area contributed by atoms with E-state index in [4.69, 9.17) is 55.9 Å². The molecule has 8 heteroatoms. The summed E-state index contributed by atoms with van der Waals surface area (Å²) < 4.78 is 11.1. The molecule has 4 nitrogen and oxygen atoms in total. The summed E-state index contributed by atoms with van der Waals surface area (Å²) in [5.74, 6) is 1.21. The van der Waals surface area contributed by atoms with Crippen LogP contribution >= 0.6 is 46.4 Å².